The zero-order valence-corrected chi connectivity index (χ0v) is 18.9. The van der Waals surface area contributed by atoms with Crippen LogP contribution in [0.25, 0.3) is 17.1 Å². The second-order valence-corrected chi connectivity index (χ2v) is 8.09. The molecule has 32 heavy (non-hydrogen) atoms. The van der Waals surface area contributed by atoms with Crippen molar-refractivity contribution in [1.29, 1.82) is 0 Å². The maximum absolute atomic E-state index is 12.8. The van der Waals surface area contributed by atoms with Gasteiger partial charge in [0.25, 0.3) is 0 Å². The van der Waals surface area contributed by atoms with Gasteiger partial charge in [-0.2, -0.15) is 0 Å². The number of Topliss-reactive ketones (excluding diaryl/α,β-unsaturated/α-hetero) is 1. The van der Waals surface area contributed by atoms with E-state index in [2.05, 4.69) is 10.2 Å². The van der Waals surface area contributed by atoms with Crippen LogP contribution in [0, 0.1) is 6.92 Å². The molecule has 3 aromatic carbocycles. The molecule has 0 bridgehead atoms. The Balaban J connectivity index is 1.66. The van der Waals surface area contributed by atoms with Gasteiger partial charge in [0.2, 0.25) is 0 Å². The Labute approximate surface area is 191 Å². The molecule has 0 saturated heterocycles. The molecule has 4 aromatic rings. The Kier molecular flexibility index (Phi) is 6.56. The molecule has 1 aromatic heterocycles. The Morgan fingerprint density at radius 1 is 0.906 bits per heavy atom. The third kappa shape index (κ3) is 4.68. The summed E-state index contributed by atoms with van der Waals surface area (Å²) in [5.41, 5.74) is 3.61. The number of methoxy groups -OCH3 is 2. The van der Waals surface area contributed by atoms with Crippen LogP contribution >= 0.6 is 11.8 Å². The average Bonchev–Trinajstić information content (AvgIpc) is 3.27. The van der Waals surface area contributed by atoms with E-state index in [-0.39, 0.29) is 11.5 Å². The maximum Gasteiger partial charge on any atom is 0.196 e. The van der Waals surface area contributed by atoms with Crippen molar-refractivity contribution in [2.75, 3.05) is 20.0 Å². The van der Waals surface area contributed by atoms with Crippen molar-refractivity contribution >= 4 is 17.5 Å². The van der Waals surface area contributed by atoms with Crippen LogP contribution in [0.4, 0.5) is 0 Å². The molecule has 0 spiro atoms. The Bertz CT molecular complexity index is 1220. The number of rotatable bonds is 8. The van der Waals surface area contributed by atoms with Gasteiger partial charge >= 0.3 is 0 Å². The smallest absolute Gasteiger partial charge is 0.196 e. The van der Waals surface area contributed by atoms with E-state index >= 15 is 0 Å². The molecule has 0 radical (unpaired) electrons. The number of carbonyl (C=O) groups is 1. The van der Waals surface area contributed by atoms with Gasteiger partial charge in [-0.3, -0.25) is 9.36 Å². The minimum Gasteiger partial charge on any atom is -0.497 e. The Morgan fingerprint density at radius 2 is 1.62 bits per heavy atom. The highest BCUT2D eigenvalue weighted by molar-refractivity contribution is 7.99. The van der Waals surface area contributed by atoms with Crippen molar-refractivity contribution in [2.24, 2.45) is 0 Å². The largest absolute Gasteiger partial charge is 0.497 e. The molecule has 0 fully saturated rings. The predicted octanol–water partition coefficient (Wildman–Crippen LogP) is 5.23. The lowest BCUT2D eigenvalue weighted by Crippen LogP contribution is -2.05. The van der Waals surface area contributed by atoms with Crippen LogP contribution in [-0.2, 0) is 0 Å². The van der Waals surface area contributed by atoms with E-state index < -0.39 is 0 Å². The zero-order chi connectivity index (χ0) is 22.5. The van der Waals surface area contributed by atoms with E-state index in [0.29, 0.717) is 22.3 Å². The number of aryl methyl sites for hydroxylation is 1. The number of benzene rings is 3. The molecule has 0 unspecified atom stereocenters. The fourth-order valence-corrected chi connectivity index (χ4v) is 4.07. The molecular weight excluding hydrogens is 422 g/mol. The molecule has 0 N–H and O–H groups in total. The average molecular weight is 446 g/mol. The quantitative estimate of drug-likeness (QED) is 0.273. The molecule has 0 atom stereocenters. The van der Waals surface area contributed by atoms with Crippen molar-refractivity contribution in [3.8, 4) is 28.6 Å². The summed E-state index contributed by atoms with van der Waals surface area (Å²) >= 11 is 1.36. The van der Waals surface area contributed by atoms with Crippen molar-refractivity contribution in [3.63, 3.8) is 0 Å². The van der Waals surface area contributed by atoms with Crippen LogP contribution in [0.3, 0.4) is 0 Å². The summed E-state index contributed by atoms with van der Waals surface area (Å²) in [6.07, 6.45) is 0. The number of nitrogens with zero attached hydrogens (tertiary/aromatic N) is 3. The second-order valence-electron chi connectivity index (χ2n) is 7.15. The van der Waals surface area contributed by atoms with Crippen LogP contribution in [0.1, 0.15) is 15.9 Å². The lowest BCUT2D eigenvalue weighted by molar-refractivity contribution is 0.102. The van der Waals surface area contributed by atoms with Crippen molar-refractivity contribution < 1.29 is 14.3 Å². The van der Waals surface area contributed by atoms with E-state index in [1.807, 2.05) is 72.2 Å². The summed E-state index contributed by atoms with van der Waals surface area (Å²) in [5, 5.41) is 9.49. The highest BCUT2D eigenvalue weighted by atomic mass is 32.2. The van der Waals surface area contributed by atoms with Crippen LogP contribution in [0.15, 0.2) is 78.0 Å². The molecule has 0 aliphatic carbocycles. The van der Waals surface area contributed by atoms with Gasteiger partial charge in [-0.1, -0.05) is 41.6 Å². The monoisotopic (exact) mass is 445 g/mol. The van der Waals surface area contributed by atoms with Crippen LogP contribution in [0.5, 0.6) is 11.5 Å². The first-order chi connectivity index (χ1) is 15.6. The summed E-state index contributed by atoms with van der Waals surface area (Å²) in [4.78, 5) is 12.8. The Morgan fingerprint density at radius 3 is 2.31 bits per heavy atom. The zero-order valence-electron chi connectivity index (χ0n) is 18.1. The van der Waals surface area contributed by atoms with Gasteiger partial charge in [0.15, 0.2) is 16.8 Å². The number of aromatic nitrogens is 3. The number of ether oxygens (including phenoxy) is 2. The van der Waals surface area contributed by atoms with Crippen molar-refractivity contribution in [2.45, 2.75) is 12.1 Å². The second kappa shape index (κ2) is 9.70. The fraction of sp³-hybridized carbons (Fsp3) is 0.160. The third-order valence-corrected chi connectivity index (χ3v) is 5.93. The summed E-state index contributed by atoms with van der Waals surface area (Å²) < 4.78 is 12.5. The molecule has 0 saturated carbocycles. The van der Waals surface area contributed by atoms with Crippen LogP contribution in [-0.4, -0.2) is 40.5 Å². The van der Waals surface area contributed by atoms with Gasteiger partial charge in [0, 0.05) is 16.8 Å². The Hall–Kier alpha value is -3.58. The van der Waals surface area contributed by atoms with Crippen molar-refractivity contribution in [3.05, 3.63) is 83.9 Å². The first-order valence-electron chi connectivity index (χ1n) is 10.1. The summed E-state index contributed by atoms with van der Waals surface area (Å²) in [7, 11) is 3.22. The predicted molar refractivity (Wildman–Crippen MR) is 126 cm³/mol. The van der Waals surface area contributed by atoms with E-state index in [9.17, 15) is 4.79 Å². The van der Waals surface area contributed by atoms with E-state index in [4.69, 9.17) is 9.47 Å². The molecule has 0 aliphatic heterocycles. The van der Waals surface area contributed by atoms with Gasteiger partial charge in [0.05, 0.1) is 20.0 Å². The van der Waals surface area contributed by atoms with Crippen LogP contribution < -0.4 is 9.47 Å². The van der Waals surface area contributed by atoms with Gasteiger partial charge in [-0.05, 0) is 55.5 Å². The number of ketones is 1. The molecule has 7 heteroatoms. The number of carbonyl (C=O) groups excluding carboxylic acids is 1. The molecule has 4 rings (SSSR count). The molecular formula is C25H23N3O3S. The summed E-state index contributed by atoms with van der Waals surface area (Å²) in [5.74, 6) is 2.37. The van der Waals surface area contributed by atoms with Gasteiger partial charge < -0.3 is 9.47 Å². The van der Waals surface area contributed by atoms with Crippen molar-refractivity contribution in [1.82, 2.24) is 14.8 Å². The standard InChI is InChI=1S/C25H23N3O3S/c1-17-7-11-20(12-8-17)28-24(18-9-13-21(30-2)14-10-18)26-27-25(28)32-16-23(29)19-5-4-6-22(15-19)31-3/h4-15H,16H2,1-3H3. The van der Waals surface area contributed by atoms with Gasteiger partial charge in [-0.15, -0.1) is 10.2 Å². The van der Waals surface area contributed by atoms with Gasteiger partial charge in [0.1, 0.15) is 11.5 Å². The molecule has 0 aliphatic rings. The fourth-order valence-electron chi connectivity index (χ4n) is 3.23. The first kappa shape index (κ1) is 21.6. The molecule has 6 nitrogen and oxygen atoms in total. The topological polar surface area (TPSA) is 66.2 Å². The SMILES string of the molecule is COc1ccc(-c2nnc(SCC(=O)c3cccc(OC)c3)n2-c2ccc(C)cc2)cc1. The number of thioether (sulfide) groups is 1. The summed E-state index contributed by atoms with van der Waals surface area (Å²) in [6.45, 7) is 2.04. The summed E-state index contributed by atoms with van der Waals surface area (Å²) in [6, 6.07) is 23.0. The maximum atomic E-state index is 12.8. The highest BCUT2D eigenvalue weighted by Crippen LogP contribution is 2.29. The van der Waals surface area contributed by atoms with E-state index in [0.717, 1.165) is 22.6 Å². The number of hydrogen-bond donors (Lipinski definition) is 0. The molecule has 162 valence electrons. The first-order valence-corrected chi connectivity index (χ1v) is 11.0. The third-order valence-electron chi connectivity index (χ3n) is 5.00. The van der Waals surface area contributed by atoms with Crippen LogP contribution in [0.2, 0.25) is 0 Å². The molecule has 1 heterocycles. The normalized spacial score (nSPS) is 10.7. The lowest BCUT2D eigenvalue weighted by Gasteiger charge is -2.11. The minimum absolute atomic E-state index is 0.00152. The van der Waals surface area contributed by atoms with E-state index in [1.54, 1.807) is 26.4 Å². The number of hydrogen-bond acceptors (Lipinski definition) is 6. The highest BCUT2D eigenvalue weighted by Gasteiger charge is 2.18. The van der Waals surface area contributed by atoms with E-state index in [1.165, 1.54) is 11.8 Å². The minimum atomic E-state index is -0.00152. The lowest BCUT2D eigenvalue weighted by atomic mass is 10.1. The van der Waals surface area contributed by atoms with Gasteiger partial charge in [-0.25, -0.2) is 0 Å². The molecule has 0 amide bonds.